The van der Waals surface area contributed by atoms with E-state index in [0.717, 1.165) is 25.1 Å². The molecule has 1 N–H and O–H groups in total. The minimum Gasteiger partial charge on any atom is -0.497 e. The number of methoxy groups -OCH3 is 2. The average Bonchev–Trinajstić information content (AvgIpc) is 2.62. The summed E-state index contributed by atoms with van der Waals surface area (Å²) in [5, 5.41) is 2.93. The van der Waals surface area contributed by atoms with Crippen molar-refractivity contribution in [3.05, 3.63) is 48.0 Å². The number of amides is 1. The number of carbonyl (C=O) groups excluding carboxylic acids is 1. The lowest BCUT2D eigenvalue weighted by atomic mass is 10.0. The van der Waals surface area contributed by atoms with Gasteiger partial charge in [0.05, 0.1) is 26.5 Å². The van der Waals surface area contributed by atoms with Crippen LogP contribution in [0.25, 0.3) is 0 Å². The molecule has 3 rings (SSSR count). The zero-order valence-corrected chi connectivity index (χ0v) is 14.0. The topological polar surface area (TPSA) is 50.8 Å². The Labute approximate surface area is 142 Å². The van der Waals surface area contributed by atoms with E-state index in [2.05, 4.69) is 22.3 Å². The van der Waals surface area contributed by atoms with Crippen LogP contribution in [-0.4, -0.2) is 33.2 Å². The van der Waals surface area contributed by atoms with Gasteiger partial charge in [-0.3, -0.25) is 4.79 Å². The van der Waals surface area contributed by atoms with Crippen LogP contribution in [0.3, 0.4) is 0 Å². The van der Waals surface area contributed by atoms with Crippen LogP contribution in [0.4, 0.5) is 11.4 Å². The molecular weight excluding hydrogens is 304 g/mol. The number of benzene rings is 2. The van der Waals surface area contributed by atoms with Gasteiger partial charge in [0.25, 0.3) is 0 Å². The number of hydrogen-bond donors (Lipinski definition) is 1. The number of fused-ring (bicyclic) bond motifs is 1. The molecule has 1 aliphatic heterocycles. The zero-order valence-electron chi connectivity index (χ0n) is 14.0. The third kappa shape index (κ3) is 3.45. The number of rotatable bonds is 5. The first-order chi connectivity index (χ1) is 11.7. The lowest BCUT2D eigenvalue weighted by Crippen LogP contribution is -2.36. The van der Waals surface area contributed by atoms with Gasteiger partial charge in [-0.15, -0.1) is 0 Å². The van der Waals surface area contributed by atoms with Crippen LogP contribution in [0.1, 0.15) is 12.0 Å². The van der Waals surface area contributed by atoms with Crippen molar-refractivity contribution in [1.29, 1.82) is 0 Å². The Morgan fingerprint density at radius 3 is 2.79 bits per heavy atom. The summed E-state index contributed by atoms with van der Waals surface area (Å²) in [6.45, 7) is 1.22. The van der Waals surface area contributed by atoms with Gasteiger partial charge < -0.3 is 19.7 Å². The zero-order chi connectivity index (χ0) is 16.9. The molecule has 2 aromatic rings. The van der Waals surface area contributed by atoms with Gasteiger partial charge in [-0.2, -0.15) is 0 Å². The lowest BCUT2D eigenvalue weighted by molar-refractivity contribution is -0.115. The molecule has 1 heterocycles. The molecule has 0 saturated heterocycles. The van der Waals surface area contributed by atoms with E-state index in [1.165, 1.54) is 5.56 Å². The highest BCUT2D eigenvalue weighted by Gasteiger charge is 2.19. The maximum atomic E-state index is 12.5. The van der Waals surface area contributed by atoms with Crippen LogP contribution < -0.4 is 19.7 Å². The van der Waals surface area contributed by atoms with E-state index in [9.17, 15) is 4.79 Å². The third-order valence-corrected chi connectivity index (χ3v) is 4.22. The summed E-state index contributed by atoms with van der Waals surface area (Å²) < 4.78 is 10.5. The summed E-state index contributed by atoms with van der Waals surface area (Å²) in [5.74, 6) is 1.21. The summed E-state index contributed by atoms with van der Waals surface area (Å²) in [5.41, 5.74) is 3.10. The van der Waals surface area contributed by atoms with Gasteiger partial charge in [0.1, 0.15) is 11.5 Å². The van der Waals surface area contributed by atoms with E-state index >= 15 is 0 Å². The SMILES string of the molecule is COc1ccc(NC(=O)CN2CCCc3ccccc32)c(OC)c1. The first-order valence-corrected chi connectivity index (χ1v) is 8.06. The monoisotopic (exact) mass is 326 g/mol. The molecule has 24 heavy (non-hydrogen) atoms. The molecule has 0 fully saturated rings. The van der Waals surface area contributed by atoms with Crippen molar-refractivity contribution >= 4 is 17.3 Å². The second kappa shape index (κ2) is 7.25. The molecule has 2 aromatic carbocycles. The van der Waals surface area contributed by atoms with Crippen LogP contribution in [0.15, 0.2) is 42.5 Å². The average molecular weight is 326 g/mol. The van der Waals surface area contributed by atoms with Gasteiger partial charge in [0.2, 0.25) is 5.91 Å². The normalized spacial score (nSPS) is 13.2. The Morgan fingerprint density at radius 2 is 2.00 bits per heavy atom. The largest absolute Gasteiger partial charge is 0.497 e. The summed E-state index contributed by atoms with van der Waals surface area (Å²) in [7, 11) is 3.17. The van der Waals surface area contributed by atoms with Crippen molar-refractivity contribution in [2.45, 2.75) is 12.8 Å². The van der Waals surface area contributed by atoms with Crippen LogP contribution in [0.2, 0.25) is 0 Å². The van der Waals surface area contributed by atoms with E-state index in [4.69, 9.17) is 9.47 Å². The van der Waals surface area contributed by atoms with Gasteiger partial charge in [0, 0.05) is 18.3 Å². The smallest absolute Gasteiger partial charge is 0.243 e. The Bertz CT molecular complexity index is 730. The van der Waals surface area contributed by atoms with Crippen LogP contribution in [-0.2, 0) is 11.2 Å². The van der Waals surface area contributed by atoms with E-state index in [0.29, 0.717) is 23.7 Å². The van der Waals surface area contributed by atoms with E-state index in [-0.39, 0.29) is 5.91 Å². The number of ether oxygens (including phenoxy) is 2. The van der Waals surface area contributed by atoms with E-state index < -0.39 is 0 Å². The molecule has 0 unspecified atom stereocenters. The van der Waals surface area contributed by atoms with Crippen LogP contribution >= 0.6 is 0 Å². The standard InChI is InChI=1S/C19H22N2O3/c1-23-15-9-10-16(18(12-15)24-2)20-19(22)13-21-11-5-7-14-6-3-4-8-17(14)21/h3-4,6,8-10,12H,5,7,11,13H2,1-2H3,(H,20,22). The predicted molar refractivity (Wildman–Crippen MR) is 95.2 cm³/mol. The molecule has 0 bridgehead atoms. The molecule has 1 amide bonds. The van der Waals surface area contributed by atoms with Crippen molar-refractivity contribution in [3.63, 3.8) is 0 Å². The second-order valence-corrected chi connectivity index (χ2v) is 5.77. The Morgan fingerprint density at radius 1 is 1.17 bits per heavy atom. The van der Waals surface area contributed by atoms with Gasteiger partial charge in [-0.1, -0.05) is 18.2 Å². The second-order valence-electron chi connectivity index (χ2n) is 5.77. The van der Waals surface area contributed by atoms with Crippen molar-refractivity contribution in [2.24, 2.45) is 0 Å². The van der Waals surface area contributed by atoms with Crippen molar-refractivity contribution in [2.75, 3.05) is 37.5 Å². The van der Waals surface area contributed by atoms with Gasteiger partial charge >= 0.3 is 0 Å². The molecule has 5 nitrogen and oxygen atoms in total. The van der Waals surface area contributed by atoms with Gasteiger partial charge in [-0.25, -0.2) is 0 Å². The van der Waals surface area contributed by atoms with Crippen molar-refractivity contribution in [3.8, 4) is 11.5 Å². The highest BCUT2D eigenvalue weighted by Crippen LogP contribution is 2.30. The number of hydrogen-bond acceptors (Lipinski definition) is 4. The Balaban J connectivity index is 1.71. The van der Waals surface area contributed by atoms with E-state index in [1.807, 2.05) is 12.1 Å². The molecule has 126 valence electrons. The molecule has 1 aliphatic rings. The first kappa shape index (κ1) is 16.2. The van der Waals surface area contributed by atoms with Gasteiger partial charge in [0.15, 0.2) is 0 Å². The highest BCUT2D eigenvalue weighted by atomic mass is 16.5. The Kier molecular flexibility index (Phi) is 4.89. The summed E-state index contributed by atoms with van der Waals surface area (Å²) in [6.07, 6.45) is 2.14. The quantitative estimate of drug-likeness (QED) is 0.917. The van der Waals surface area contributed by atoms with Gasteiger partial charge in [-0.05, 0) is 36.6 Å². The molecule has 0 spiro atoms. The highest BCUT2D eigenvalue weighted by molar-refractivity contribution is 5.95. The molecule has 0 radical (unpaired) electrons. The fourth-order valence-corrected chi connectivity index (χ4v) is 3.04. The van der Waals surface area contributed by atoms with E-state index in [1.54, 1.807) is 32.4 Å². The maximum absolute atomic E-state index is 12.5. The fraction of sp³-hybridized carbons (Fsp3) is 0.316. The number of nitrogens with one attached hydrogen (secondary N) is 1. The lowest BCUT2D eigenvalue weighted by Gasteiger charge is -2.30. The molecule has 0 atom stereocenters. The molecule has 5 heteroatoms. The number of nitrogens with zero attached hydrogens (tertiary/aromatic N) is 1. The number of carbonyl (C=O) groups is 1. The van der Waals surface area contributed by atoms with Crippen molar-refractivity contribution in [1.82, 2.24) is 0 Å². The summed E-state index contributed by atoms with van der Waals surface area (Å²) in [4.78, 5) is 14.6. The first-order valence-electron chi connectivity index (χ1n) is 8.06. The summed E-state index contributed by atoms with van der Waals surface area (Å²) in [6, 6.07) is 13.6. The number of para-hydroxylation sites is 1. The minimum atomic E-state index is -0.0600. The number of anilines is 2. The minimum absolute atomic E-state index is 0.0600. The molecule has 0 saturated carbocycles. The Hall–Kier alpha value is -2.69. The van der Waals surface area contributed by atoms with Crippen LogP contribution in [0.5, 0.6) is 11.5 Å². The molecular formula is C19H22N2O3. The molecule has 0 aliphatic carbocycles. The van der Waals surface area contributed by atoms with Crippen molar-refractivity contribution < 1.29 is 14.3 Å². The maximum Gasteiger partial charge on any atom is 0.243 e. The van der Waals surface area contributed by atoms with Crippen LogP contribution in [0, 0.1) is 0 Å². The predicted octanol–water partition coefficient (Wildman–Crippen LogP) is 3.10. The molecule has 0 aromatic heterocycles. The number of aryl methyl sites for hydroxylation is 1. The fourth-order valence-electron chi connectivity index (χ4n) is 3.04. The summed E-state index contributed by atoms with van der Waals surface area (Å²) >= 11 is 0. The third-order valence-electron chi connectivity index (χ3n) is 4.22.